The molecular weight excluding hydrogens is 237 g/mol. The summed E-state index contributed by atoms with van der Waals surface area (Å²) in [5, 5.41) is 4.87. The Kier molecular flexibility index (Phi) is 4.97. The largest absolute Gasteiger partial charge is 1.00 e. The Labute approximate surface area is 119 Å². The van der Waals surface area contributed by atoms with E-state index in [1.165, 1.54) is 0 Å². The number of benzene rings is 1. The Morgan fingerprint density at radius 3 is 2.75 bits per heavy atom. The summed E-state index contributed by atoms with van der Waals surface area (Å²) >= 11 is 0. The van der Waals surface area contributed by atoms with Gasteiger partial charge in [-0.2, -0.15) is 8.42 Å². The SMILES string of the molecule is NS(=O)(=O)OC1CCCc2ccccc21.[H-].[Na+]. The van der Waals surface area contributed by atoms with Gasteiger partial charge < -0.3 is 1.43 Å². The Balaban J connectivity index is 0.00000128. The molecule has 84 valence electrons. The van der Waals surface area contributed by atoms with Gasteiger partial charge in [0.25, 0.3) is 0 Å². The number of aryl methyl sites for hydroxylation is 1. The zero-order valence-electron chi connectivity index (χ0n) is 10.2. The van der Waals surface area contributed by atoms with Crippen LogP contribution in [0, 0.1) is 0 Å². The van der Waals surface area contributed by atoms with Crippen molar-refractivity contribution in [3.8, 4) is 0 Å². The summed E-state index contributed by atoms with van der Waals surface area (Å²) in [6.45, 7) is 0. The first-order valence-corrected chi connectivity index (χ1v) is 6.32. The normalized spacial score (nSPS) is 19.7. The second-order valence-electron chi connectivity index (χ2n) is 3.67. The summed E-state index contributed by atoms with van der Waals surface area (Å²) in [5.74, 6) is 0. The average Bonchev–Trinajstić information content (AvgIpc) is 2.16. The van der Waals surface area contributed by atoms with Crippen LogP contribution in [0.4, 0.5) is 0 Å². The van der Waals surface area contributed by atoms with Crippen molar-refractivity contribution in [2.75, 3.05) is 0 Å². The van der Waals surface area contributed by atoms with Crippen molar-refractivity contribution in [1.82, 2.24) is 0 Å². The maximum absolute atomic E-state index is 10.9. The van der Waals surface area contributed by atoms with E-state index in [2.05, 4.69) is 0 Å². The van der Waals surface area contributed by atoms with E-state index in [4.69, 9.17) is 9.32 Å². The first-order valence-electron chi connectivity index (χ1n) is 4.85. The second-order valence-corrected chi connectivity index (χ2v) is 4.85. The monoisotopic (exact) mass is 251 g/mol. The third-order valence-electron chi connectivity index (χ3n) is 2.56. The predicted molar refractivity (Wildman–Crippen MR) is 57.4 cm³/mol. The van der Waals surface area contributed by atoms with Crippen LogP contribution in [0.3, 0.4) is 0 Å². The van der Waals surface area contributed by atoms with E-state index in [1.807, 2.05) is 24.3 Å². The van der Waals surface area contributed by atoms with Crippen molar-refractivity contribution in [1.29, 1.82) is 0 Å². The van der Waals surface area contributed by atoms with E-state index in [0.29, 0.717) is 6.42 Å². The van der Waals surface area contributed by atoms with E-state index in [1.54, 1.807) is 0 Å². The average molecular weight is 251 g/mol. The standard InChI is InChI=1S/C10H13NO3S.Na.H/c11-15(12,13)14-10-7-3-5-8-4-1-2-6-9(8)10;;/h1-2,4,6,10H,3,5,7H2,(H2,11,12,13);;/q;+1;-1. The molecule has 1 unspecified atom stereocenters. The van der Waals surface area contributed by atoms with Crippen molar-refractivity contribution < 1.29 is 43.6 Å². The van der Waals surface area contributed by atoms with Crippen LogP contribution in [0.2, 0.25) is 0 Å². The number of nitrogens with two attached hydrogens (primary N) is 1. The second kappa shape index (κ2) is 5.62. The van der Waals surface area contributed by atoms with Crippen LogP contribution in [0.1, 0.15) is 31.5 Å². The number of rotatable bonds is 2. The fraction of sp³-hybridized carbons (Fsp3) is 0.400. The number of fused-ring (bicyclic) bond motifs is 1. The van der Waals surface area contributed by atoms with Gasteiger partial charge in [-0.25, -0.2) is 5.14 Å². The minimum Gasteiger partial charge on any atom is -1.00 e. The predicted octanol–water partition coefficient (Wildman–Crippen LogP) is -1.60. The molecule has 2 N–H and O–H groups in total. The van der Waals surface area contributed by atoms with Crippen LogP contribution in [0.15, 0.2) is 24.3 Å². The topological polar surface area (TPSA) is 69.4 Å². The zero-order chi connectivity index (χ0) is 10.9. The van der Waals surface area contributed by atoms with Gasteiger partial charge in [-0.15, -0.1) is 0 Å². The number of hydrogen-bond donors (Lipinski definition) is 1. The molecule has 0 amide bonds. The van der Waals surface area contributed by atoms with Gasteiger partial charge in [0.1, 0.15) is 6.10 Å². The molecule has 2 rings (SSSR count). The van der Waals surface area contributed by atoms with Gasteiger partial charge in [-0.05, 0) is 30.4 Å². The molecule has 0 spiro atoms. The molecule has 6 heteroatoms. The maximum Gasteiger partial charge on any atom is 1.00 e. The van der Waals surface area contributed by atoms with E-state index >= 15 is 0 Å². The summed E-state index contributed by atoms with van der Waals surface area (Å²) in [5.41, 5.74) is 2.09. The molecule has 16 heavy (non-hydrogen) atoms. The molecule has 1 aromatic rings. The van der Waals surface area contributed by atoms with Gasteiger partial charge in [-0.1, -0.05) is 24.3 Å². The minimum atomic E-state index is -3.87. The van der Waals surface area contributed by atoms with Crippen LogP contribution in [0.5, 0.6) is 0 Å². The van der Waals surface area contributed by atoms with Crippen molar-refractivity contribution in [2.45, 2.75) is 25.4 Å². The Morgan fingerprint density at radius 1 is 1.38 bits per heavy atom. The van der Waals surface area contributed by atoms with E-state index in [-0.39, 0.29) is 31.0 Å². The molecule has 0 aromatic heterocycles. The summed E-state index contributed by atoms with van der Waals surface area (Å²) in [6.07, 6.45) is 2.19. The molecule has 4 nitrogen and oxygen atoms in total. The van der Waals surface area contributed by atoms with Gasteiger partial charge in [0.05, 0.1) is 0 Å². The molecule has 0 heterocycles. The van der Waals surface area contributed by atoms with E-state index in [0.717, 1.165) is 24.0 Å². The molecule has 0 bridgehead atoms. The molecule has 1 aliphatic rings. The van der Waals surface area contributed by atoms with Gasteiger partial charge in [0.15, 0.2) is 0 Å². The summed E-state index contributed by atoms with van der Waals surface area (Å²) in [4.78, 5) is 0. The molecule has 1 aromatic carbocycles. The minimum absolute atomic E-state index is 0. The Hall–Kier alpha value is 0.0900. The molecule has 0 fully saturated rings. The van der Waals surface area contributed by atoms with Gasteiger partial charge in [0.2, 0.25) is 0 Å². The van der Waals surface area contributed by atoms with Crippen molar-refractivity contribution in [3.63, 3.8) is 0 Å². The fourth-order valence-corrected chi connectivity index (χ4v) is 2.49. The van der Waals surface area contributed by atoms with Crippen molar-refractivity contribution in [3.05, 3.63) is 35.4 Å². The molecule has 0 radical (unpaired) electrons. The van der Waals surface area contributed by atoms with Crippen LogP contribution in [0.25, 0.3) is 0 Å². The summed E-state index contributed by atoms with van der Waals surface area (Å²) in [6, 6.07) is 7.71. The van der Waals surface area contributed by atoms with E-state index < -0.39 is 16.4 Å². The van der Waals surface area contributed by atoms with Gasteiger partial charge >= 0.3 is 39.9 Å². The molecule has 0 saturated carbocycles. The number of hydrogen-bond acceptors (Lipinski definition) is 3. The first kappa shape index (κ1) is 14.2. The molecule has 0 saturated heterocycles. The Bertz CT molecular complexity index is 466. The molecule has 0 aliphatic heterocycles. The quantitative estimate of drug-likeness (QED) is 0.644. The first-order chi connectivity index (χ1) is 7.06. The maximum atomic E-state index is 10.9. The van der Waals surface area contributed by atoms with Crippen molar-refractivity contribution >= 4 is 10.3 Å². The third-order valence-corrected chi connectivity index (χ3v) is 3.07. The van der Waals surface area contributed by atoms with Gasteiger partial charge in [0, 0.05) is 0 Å². The summed E-state index contributed by atoms with van der Waals surface area (Å²) in [7, 11) is -3.87. The van der Waals surface area contributed by atoms with Crippen LogP contribution in [-0.2, 0) is 20.9 Å². The fourth-order valence-electron chi connectivity index (χ4n) is 1.97. The van der Waals surface area contributed by atoms with Crippen molar-refractivity contribution in [2.24, 2.45) is 5.14 Å². The third kappa shape index (κ3) is 3.55. The van der Waals surface area contributed by atoms with Gasteiger partial charge in [-0.3, -0.25) is 4.18 Å². The molecule has 1 atom stereocenters. The Morgan fingerprint density at radius 2 is 2.06 bits per heavy atom. The van der Waals surface area contributed by atoms with E-state index in [9.17, 15) is 8.42 Å². The van der Waals surface area contributed by atoms with Crippen LogP contribution < -0.4 is 34.7 Å². The van der Waals surface area contributed by atoms with Crippen LogP contribution in [-0.4, -0.2) is 8.42 Å². The zero-order valence-corrected chi connectivity index (χ0v) is 12.0. The molecular formula is C10H14NNaO3S. The van der Waals surface area contributed by atoms with Crippen LogP contribution >= 0.6 is 0 Å². The smallest absolute Gasteiger partial charge is 1.00 e. The summed E-state index contributed by atoms with van der Waals surface area (Å²) < 4.78 is 26.6. The molecule has 1 aliphatic carbocycles.